The molecule has 0 saturated heterocycles. The van der Waals surface area contributed by atoms with Crippen LogP contribution in [0.4, 0.5) is 0 Å². The minimum absolute atomic E-state index is 0.799. The largest absolute Gasteiger partial charge is 0.381 e. The highest BCUT2D eigenvalue weighted by atomic mass is 79.9. The SMILES string of the molecule is [CH2]CCOCCCBr. The molecule has 1 nitrogen and oxygen atoms in total. The third-order valence-electron chi connectivity index (χ3n) is 0.711. The topological polar surface area (TPSA) is 9.23 Å². The summed E-state index contributed by atoms with van der Waals surface area (Å²) in [5.41, 5.74) is 0. The van der Waals surface area contributed by atoms with E-state index >= 15 is 0 Å². The van der Waals surface area contributed by atoms with Crippen molar-refractivity contribution in [1.29, 1.82) is 0 Å². The fourth-order valence-electron chi connectivity index (χ4n) is 0.361. The molecule has 0 aliphatic carbocycles. The van der Waals surface area contributed by atoms with Gasteiger partial charge in [-0.2, -0.15) is 0 Å². The Morgan fingerprint density at radius 1 is 1.38 bits per heavy atom. The van der Waals surface area contributed by atoms with E-state index in [0.717, 1.165) is 31.4 Å². The predicted molar refractivity (Wildman–Crippen MR) is 39.2 cm³/mol. The Morgan fingerprint density at radius 2 is 2.12 bits per heavy atom. The summed E-state index contributed by atoms with van der Waals surface area (Å²) in [6, 6.07) is 0. The number of ether oxygens (including phenoxy) is 1. The van der Waals surface area contributed by atoms with Gasteiger partial charge in [-0.25, -0.2) is 0 Å². The standard InChI is InChI=1S/C6H12BrO/c1-2-5-8-6-3-4-7/h1-6H2. The zero-order valence-corrected chi connectivity index (χ0v) is 6.61. The van der Waals surface area contributed by atoms with Gasteiger partial charge < -0.3 is 4.74 Å². The molecule has 0 rings (SSSR count). The maximum absolute atomic E-state index is 5.13. The van der Waals surface area contributed by atoms with E-state index < -0.39 is 0 Å². The van der Waals surface area contributed by atoms with Crippen molar-refractivity contribution in [3.8, 4) is 0 Å². The van der Waals surface area contributed by atoms with Gasteiger partial charge in [0.25, 0.3) is 0 Å². The molecule has 0 aromatic rings. The second-order valence-electron chi connectivity index (χ2n) is 1.51. The second-order valence-corrected chi connectivity index (χ2v) is 2.30. The van der Waals surface area contributed by atoms with E-state index in [1.54, 1.807) is 0 Å². The van der Waals surface area contributed by atoms with Gasteiger partial charge in [0.15, 0.2) is 0 Å². The molecule has 0 amide bonds. The van der Waals surface area contributed by atoms with Crippen LogP contribution >= 0.6 is 15.9 Å². The quantitative estimate of drug-likeness (QED) is 0.464. The minimum Gasteiger partial charge on any atom is -0.381 e. The molecule has 0 aliphatic rings. The lowest BCUT2D eigenvalue weighted by atomic mass is 10.5. The van der Waals surface area contributed by atoms with Gasteiger partial charge in [-0.05, 0) is 12.8 Å². The lowest BCUT2D eigenvalue weighted by molar-refractivity contribution is 0.140. The van der Waals surface area contributed by atoms with Crippen molar-refractivity contribution in [3.63, 3.8) is 0 Å². The first-order chi connectivity index (χ1) is 3.91. The van der Waals surface area contributed by atoms with Gasteiger partial charge in [-0.1, -0.05) is 22.9 Å². The van der Waals surface area contributed by atoms with Crippen molar-refractivity contribution in [2.45, 2.75) is 12.8 Å². The Bertz CT molecular complexity index is 33.5. The molecule has 2 heteroatoms. The summed E-state index contributed by atoms with van der Waals surface area (Å²) in [6.07, 6.45) is 1.97. The first-order valence-corrected chi connectivity index (χ1v) is 3.97. The lowest BCUT2D eigenvalue weighted by Crippen LogP contribution is -1.95. The van der Waals surface area contributed by atoms with E-state index in [2.05, 4.69) is 22.9 Å². The second kappa shape index (κ2) is 7.44. The Labute approximate surface area is 59.5 Å². The Morgan fingerprint density at radius 3 is 2.62 bits per heavy atom. The first kappa shape index (κ1) is 8.44. The van der Waals surface area contributed by atoms with Crippen molar-refractivity contribution < 1.29 is 4.74 Å². The highest BCUT2D eigenvalue weighted by Gasteiger charge is 1.82. The van der Waals surface area contributed by atoms with Crippen molar-refractivity contribution in [2.75, 3.05) is 18.5 Å². The minimum atomic E-state index is 0.799. The number of hydrogen-bond acceptors (Lipinski definition) is 1. The molecule has 0 unspecified atom stereocenters. The first-order valence-electron chi connectivity index (χ1n) is 2.84. The van der Waals surface area contributed by atoms with Crippen LogP contribution in [-0.4, -0.2) is 18.5 Å². The molecular weight excluding hydrogens is 168 g/mol. The number of hydrogen-bond donors (Lipinski definition) is 0. The molecule has 1 radical (unpaired) electrons. The van der Waals surface area contributed by atoms with Gasteiger partial charge in [0, 0.05) is 18.5 Å². The van der Waals surface area contributed by atoms with Gasteiger partial charge in [0.05, 0.1) is 0 Å². The summed E-state index contributed by atoms with van der Waals surface area (Å²) in [4.78, 5) is 0. The normalized spacial score (nSPS) is 9.75. The van der Waals surface area contributed by atoms with Crippen LogP contribution in [0.3, 0.4) is 0 Å². The predicted octanol–water partition coefficient (Wildman–Crippen LogP) is 2.01. The van der Waals surface area contributed by atoms with Gasteiger partial charge >= 0.3 is 0 Å². The zero-order chi connectivity index (χ0) is 6.24. The third-order valence-corrected chi connectivity index (χ3v) is 1.27. The number of alkyl halides is 1. The molecule has 0 aromatic carbocycles. The molecule has 49 valence electrons. The van der Waals surface area contributed by atoms with Gasteiger partial charge in [0.1, 0.15) is 0 Å². The van der Waals surface area contributed by atoms with Gasteiger partial charge in [-0.3, -0.25) is 0 Å². The van der Waals surface area contributed by atoms with E-state index in [9.17, 15) is 0 Å². The van der Waals surface area contributed by atoms with Crippen molar-refractivity contribution in [1.82, 2.24) is 0 Å². The molecule has 0 saturated carbocycles. The zero-order valence-electron chi connectivity index (χ0n) is 5.03. The van der Waals surface area contributed by atoms with Crippen LogP contribution in [0, 0.1) is 6.92 Å². The summed E-state index contributed by atoms with van der Waals surface area (Å²) in [5.74, 6) is 0. The fourth-order valence-corrected chi connectivity index (χ4v) is 0.590. The van der Waals surface area contributed by atoms with Crippen LogP contribution in [0.1, 0.15) is 12.8 Å². The molecule has 0 N–H and O–H groups in total. The van der Waals surface area contributed by atoms with Gasteiger partial charge in [0.2, 0.25) is 0 Å². The highest BCUT2D eigenvalue weighted by Crippen LogP contribution is 1.88. The Hall–Kier alpha value is 0.440. The van der Waals surface area contributed by atoms with Crippen LogP contribution in [0.25, 0.3) is 0 Å². The summed E-state index contributed by atoms with van der Waals surface area (Å²) in [5, 5.41) is 1.03. The van der Waals surface area contributed by atoms with E-state index in [4.69, 9.17) is 4.74 Å². The van der Waals surface area contributed by atoms with E-state index in [0.29, 0.717) is 0 Å². The molecule has 0 aromatic heterocycles. The third kappa shape index (κ3) is 6.44. The summed E-state index contributed by atoms with van der Waals surface area (Å²) in [7, 11) is 0. The molecule has 8 heavy (non-hydrogen) atoms. The number of halogens is 1. The molecule has 0 atom stereocenters. The fraction of sp³-hybridized carbons (Fsp3) is 0.833. The average Bonchev–Trinajstić information content (AvgIpc) is 1.81. The monoisotopic (exact) mass is 179 g/mol. The average molecular weight is 180 g/mol. The maximum atomic E-state index is 5.13. The number of rotatable bonds is 5. The summed E-state index contributed by atoms with van der Waals surface area (Å²) < 4.78 is 5.13. The maximum Gasteiger partial charge on any atom is 0.0474 e. The smallest absolute Gasteiger partial charge is 0.0474 e. The molecule has 0 heterocycles. The molecule has 0 fully saturated rings. The van der Waals surface area contributed by atoms with Crippen LogP contribution < -0.4 is 0 Å². The van der Waals surface area contributed by atoms with Crippen molar-refractivity contribution >= 4 is 15.9 Å². The Kier molecular flexibility index (Phi) is 7.85. The molecular formula is C6H12BrO. The summed E-state index contributed by atoms with van der Waals surface area (Å²) in [6.45, 7) is 5.31. The van der Waals surface area contributed by atoms with Crippen molar-refractivity contribution in [2.24, 2.45) is 0 Å². The van der Waals surface area contributed by atoms with Crippen LogP contribution in [0.15, 0.2) is 0 Å². The van der Waals surface area contributed by atoms with Crippen LogP contribution in [0.5, 0.6) is 0 Å². The lowest BCUT2D eigenvalue weighted by Gasteiger charge is -1.97. The molecule has 0 aliphatic heterocycles. The van der Waals surface area contributed by atoms with E-state index in [1.807, 2.05) is 0 Å². The van der Waals surface area contributed by atoms with Crippen LogP contribution in [0.2, 0.25) is 0 Å². The summed E-state index contributed by atoms with van der Waals surface area (Å²) >= 11 is 3.31. The Balaban J connectivity index is 2.53. The highest BCUT2D eigenvalue weighted by molar-refractivity contribution is 9.09. The van der Waals surface area contributed by atoms with Gasteiger partial charge in [-0.15, -0.1) is 0 Å². The molecule has 0 spiro atoms. The van der Waals surface area contributed by atoms with Crippen LogP contribution in [-0.2, 0) is 4.74 Å². The van der Waals surface area contributed by atoms with Crippen molar-refractivity contribution in [3.05, 3.63) is 6.92 Å². The van der Waals surface area contributed by atoms with E-state index in [-0.39, 0.29) is 0 Å². The van der Waals surface area contributed by atoms with E-state index in [1.165, 1.54) is 0 Å². The molecule has 0 bridgehead atoms.